The predicted molar refractivity (Wildman–Crippen MR) is 101 cm³/mol. The van der Waals surface area contributed by atoms with Crippen molar-refractivity contribution in [1.82, 2.24) is 10.2 Å². The van der Waals surface area contributed by atoms with Gasteiger partial charge >= 0.3 is 0 Å². The number of carbonyl (C=O) groups is 2. The Labute approximate surface area is 155 Å². The van der Waals surface area contributed by atoms with Crippen LogP contribution in [0.2, 0.25) is 0 Å². The molecule has 1 saturated heterocycles. The van der Waals surface area contributed by atoms with Crippen LogP contribution in [0.1, 0.15) is 43.6 Å². The molecule has 2 amide bonds. The Balaban J connectivity index is 1.76. The second-order valence-corrected chi connectivity index (χ2v) is 7.02. The van der Waals surface area contributed by atoms with Crippen molar-refractivity contribution in [1.29, 1.82) is 0 Å². The van der Waals surface area contributed by atoms with Crippen molar-refractivity contribution in [2.75, 3.05) is 32.8 Å². The number of likely N-dealkylation sites (tertiary alicyclic amines) is 1. The third kappa shape index (κ3) is 6.42. The van der Waals surface area contributed by atoms with Crippen LogP contribution in [-0.2, 0) is 9.59 Å². The largest absolute Gasteiger partial charge is 0.396 e. The van der Waals surface area contributed by atoms with Gasteiger partial charge in [0.25, 0.3) is 0 Å². The van der Waals surface area contributed by atoms with E-state index in [4.69, 9.17) is 10.8 Å². The molecule has 1 aromatic carbocycles. The lowest BCUT2D eigenvalue weighted by Crippen LogP contribution is -2.42. The molecule has 0 bridgehead atoms. The Morgan fingerprint density at radius 1 is 1.27 bits per heavy atom. The number of nitrogens with zero attached hydrogens (tertiary/aromatic N) is 1. The van der Waals surface area contributed by atoms with Crippen molar-refractivity contribution in [3.8, 4) is 0 Å². The zero-order chi connectivity index (χ0) is 18.8. The molecule has 2 unspecified atom stereocenters. The molecular formula is C20H31N3O3. The second-order valence-electron chi connectivity index (χ2n) is 7.02. The van der Waals surface area contributed by atoms with Crippen LogP contribution < -0.4 is 11.1 Å². The lowest BCUT2D eigenvalue weighted by atomic mass is 9.93. The summed E-state index contributed by atoms with van der Waals surface area (Å²) in [5, 5.41) is 12.1. The summed E-state index contributed by atoms with van der Waals surface area (Å²) >= 11 is 0. The van der Waals surface area contributed by atoms with Crippen molar-refractivity contribution < 1.29 is 14.7 Å². The molecule has 1 aliphatic rings. The van der Waals surface area contributed by atoms with E-state index in [1.54, 1.807) is 0 Å². The van der Waals surface area contributed by atoms with E-state index in [1.807, 2.05) is 30.3 Å². The third-order valence-corrected chi connectivity index (χ3v) is 5.03. The van der Waals surface area contributed by atoms with Gasteiger partial charge in [-0.25, -0.2) is 0 Å². The number of carbonyl (C=O) groups excluding carboxylic acids is 2. The van der Waals surface area contributed by atoms with E-state index in [0.717, 1.165) is 44.5 Å². The maximum atomic E-state index is 12.6. The smallest absolute Gasteiger partial charge is 0.227 e. The monoisotopic (exact) mass is 361 g/mol. The SMILES string of the molecule is NC(=O)C1CCCN(CCCNC(=O)C(CCCO)c2ccccc2)C1. The molecule has 0 aliphatic carbocycles. The van der Waals surface area contributed by atoms with E-state index in [1.165, 1.54) is 0 Å². The topological polar surface area (TPSA) is 95.7 Å². The molecule has 0 saturated carbocycles. The predicted octanol–water partition coefficient (Wildman–Crippen LogP) is 1.25. The summed E-state index contributed by atoms with van der Waals surface area (Å²) < 4.78 is 0. The molecular weight excluding hydrogens is 330 g/mol. The van der Waals surface area contributed by atoms with Crippen molar-refractivity contribution in [3.05, 3.63) is 35.9 Å². The summed E-state index contributed by atoms with van der Waals surface area (Å²) in [6.07, 6.45) is 3.97. The average molecular weight is 361 g/mol. The summed E-state index contributed by atoms with van der Waals surface area (Å²) in [6.45, 7) is 3.27. The number of hydrogen-bond acceptors (Lipinski definition) is 4. The van der Waals surface area contributed by atoms with Crippen molar-refractivity contribution >= 4 is 11.8 Å². The van der Waals surface area contributed by atoms with Gasteiger partial charge in [0.2, 0.25) is 11.8 Å². The second kappa shape index (κ2) is 10.9. The number of aliphatic hydroxyl groups is 1. The standard InChI is InChI=1S/C20H31N3O3/c21-19(25)17-9-4-12-23(15-17)13-6-11-22-20(26)18(10-5-14-24)16-7-2-1-3-8-16/h1-3,7-8,17-18,24H,4-6,9-15H2,(H2,21,25)(H,22,26). The molecule has 144 valence electrons. The molecule has 4 N–H and O–H groups in total. The number of nitrogens with two attached hydrogens (primary N) is 1. The molecule has 0 aromatic heterocycles. The van der Waals surface area contributed by atoms with Crippen LogP contribution >= 0.6 is 0 Å². The van der Waals surface area contributed by atoms with E-state index >= 15 is 0 Å². The van der Waals surface area contributed by atoms with Gasteiger partial charge in [0.15, 0.2) is 0 Å². The highest BCUT2D eigenvalue weighted by Gasteiger charge is 2.24. The molecule has 0 spiro atoms. The van der Waals surface area contributed by atoms with Crippen molar-refractivity contribution in [2.45, 2.75) is 38.0 Å². The Hall–Kier alpha value is -1.92. The van der Waals surface area contributed by atoms with Gasteiger partial charge in [0.1, 0.15) is 0 Å². The van der Waals surface area contributed by atoms with Crippen LogP contribution in [0.15, 0.2) is 30.3 Å². The minimum absolute atomic E-state index is 0.0123. The number of piperidine rings is 1. The molecule has 1 aliphatic heterocycles. The summed E-state index contributed by atoms with van der Waals surface area (Å²) in [7, 11) is 0. The number of nitrogens with one attached hydrogen (secondary N) is 1. The molecule has 2 rings (SSSR count). The van der Waals surface area contributed by atoms with Crippen LogP contribution in [0.5, 0.6) is 0 Å². The quantitative estimate of drug-likeness (QED) is 0.547. The Morgan fingerprint density at radius 2 is 2.04 bits per heavy atom. The first-order chi connectivity index (χ1) is 12.6. The lowest BCUT2D eigenvalue weighted by molar-refractivity contribution is -0.123. The third-order valence-electron chi connectivity index (χ3n) is 5.03. The van der Waals surface area contributed by atoms with Gasteiger partial charge < -0.3 is 21.1 Å². The number of aliphatic hydroxyl groups excluding tert-OH is 1. The first-order valence-electron chi connectivity index (χ1n) is 9.57. The summed E-state index contributed by atoms with van der Waals surface area (Å²) in [6, 6.07) is 9.71. The van der Waals surface area contributed by atoms with Crippen molar-refractivity contribution in [2.24, 2.45) is 11.7 Å². The summed E-state index contributed by atoms with van der Waals surface area (Å²) in [5.41, 5.74) is 6.40. The van der Waals surface area contributed by atoms with Gasteiger partial charge in [-0.3, -0.25) is 9.59 Å². The van der Waals surface area contributed by atoms with Crippen LogP contribution in [0.25, 0.3) is 0 Å². The van der Waals surface area contributed by atoms with Gasteiger partial charge in [-0.2, -0.15) is 0 Å². The number of amides is 2. The molecule has 2 atom stereocenters. The highest BCUT2D eigenvalue weighted by molar-refractivity contribution is 5.83. The first kappa shape index (κ1) is 20.4. The molecule has 1 heterocycles. The van der Waals surface area contributed by atoms with E-state index in [-0.39, 0.29) is 30.3 Å². The van der Waals surface area contributed by atoms with E-state index in [9.17, 15) is 9.59 Å². The van der Waals surface area contributed by atoms with Gasteiger partial charge in [0.05, 0.1) is 11.8 Å². The van der Waals surface area contributed by atoms with Gasteiger partial charge in [-0.15, -0.1) is 0 Å². The minimum Gasteiger partial charge on any atom is -0.396 e. The Kier molecular flexibility index (Phi) is 8.58. The first-order valence-corrected chi connectivity index (χ1v) is 9.57. The molecule has 6 heteroatoms. The van der Waals surface area contributed by atoms with Gasteiger partial charge in [-0.1, -0.05) is 30.3 Å². The van der Waals surface area contributed by atoms with Crippen LogP contribution in [0.4, 0.5) is 0 Å². The van der Waals surface area contributed by atoms with E-state index in [0.29, 0.717) is 19.4 Å². The fraction of sp³-hybridized carbons (Fsp3) is 0.600. The van der Waals surface area contributed by atoms with Gasteiger partial charge in [-0.05, 0) is 50.8 Å². The minimum atomic E-state index is -0.224. The summed E-state index contributed by atoms with van der Waals surface area (Å²) in [4.78, 5) is 26.2. The number of hydrogen-bond donors (Lipinski definition) is 3. The zero-order valence-electron chi connectivity index (χ0n) is 15.4. The number of rotatable bonds is 10. The highest BCUT2D eigenvalue weighted by atomic mass is 16.3. The molecule has 1 aromatic rings. The normalized spacial score (nSPS) is 19.0. The van der Waals surface area contributed by atoms with Crippen LogP contribution in [0, 0.1) is 5.92 Å². The Bertz CT molecular complexity index is 565. The lowest BCUT2D eigenvalue weighted by Gasteiger charge is -2.31. The van der Waals surface area contributed by atoms with E-state index in [2.05, 4.69) is 10.2 Å². The fourth-order valence-electron chi connectivity index (χ4n) is 3.56. The van der Waals surface area contributed by atoms with E-state index < -0.39 is 0 Å². The maximum Gasteiger partial charge on any atom is 0.227 e. The van der Waals surface area contributed by atoms with Crippen molar-refractivity contribution in [3.63, 3.8) is 0 Å². The highest BCUT2D eigenvalue weighted by Crippen LogP contribution is 2.21. The van der Waals surface area contributed by atoms with Gasteiger partial charge in [0, 0.05) is 19.7 Å². The van der Waals surface area contributed by atoms with Crippen LogP contribution in [-0.4, -0.2) is 54.6 Å². The number of benzene rings is 1. The number of primary amides is 1. The summed E-state index contributed by atoms with van der Waals surface area (Å²) in [5.74, 6) is -0.465. The Morgan fingerprint density at radius 3 is 2.73 bits per heavy atom. The zero-order valence-corrected chi connectivity index (χ0v) is 15.4. The maximum absolute atomic E-state index is 12.6. The average Bonchev–Trinajstić information content (AvgIpc) is 2.66. The van der Waals surface area contributed by atoms with Crippen LogP contribution in [0.3, 0.4) is 0 Å². The molecule has 1 fully saturated rings. The molecule has 26 heavy (non-hydrogen) atoms. The fourth-order valence-corrected chi connectivity index (χ4v) is 3.56. The molecule has 6 nitrogen and oxygen atoms in total. The molecule has 0 radical (unpaired) electrons.